The summed E-state index contributed by atoms with van der Waals surface area (Å²) in [6, 6.07) is 0. The Balaban J connectivity index is 1.72. The predicted octanol–water partition coefficient (Wildman–Crippen LogP) is 2.72. The molecule has 3 rings (SSSR count). The minimum Gasteiger partial charge on any atom is -0.396 e. The first-order chi connectivity index (χ1) is 9.69. The molecule has 1 saturated heterocycles. The topological polar surface area (TPSA) is 40.5 Å². The first-order valence-corrected chi connectivity index (χ1v) is 8.56. The molecule has 4 heteroatoms. The summed E-state index contributed by atoms with van der Waals surface area (Å²) in [6.07, 6.45) is 5.28. The Labute approximate surface area is 124 Å². The van der Waals surface area contributed by atoms with E-state index in [1.807, 2.05) is 4.90 Å². The van der Waals surface area contributed by atoms with Crippen molar-refractivity contribution in [3.63, 3.8) is 0 Å². The third-order valence-electron chi connectivity index (χ3n) is 4.79. The van der Waals surface area contributed by atoms with Gasteiger partial charge in [0.25, 0.3) is 5.91 Å². The summed E-state index contributed by atoms with van der Waals surface area (Å²) < 4.78 is 0. The number of aliphatic hydroxyl groups excluding tert-OH is 1. The quantitative estimate of drug-likeness (QED) is 0.911. The van der Waals surface area contributed by atoms with Gasteiger partial charge in [-0.2, -0.15) is 0 Å². The zero-order valence-corrected chi connectivity index (χ0v) is 12.9. The van der Waals surface area contributed by atoms with E-state index in [-0.39, 0.29) is 12.5 Å². The molecule has 1 aliphatic heterocycles. The van der Waals surface area contributed by atoms with Crippen LogP contribution in [0.25, 0.3) is 0 Å². The maximum atomic E-state index is 12.7. The number of hydrogen-bond donors (Lipinski definition) is 1. The van der Waals surface area contributed by atoms with Crippen LogP contribution < -0.4 is 0 Å². The van der Waals surface area contributed by atoms with E-state index in [0.717, 1.165) is 50.3 Å². The van der Waals surface area contributed by atoms with Crippen molar-refractivity contribution < 1.29 is 9.90 Å². The van der Waals surface area contributed by atoms with Gasteiger partial charge in [0.1, 0.15) is 0 Å². The van der Waals surface area contributed by atoms with Gasteiger partial charge in [-0.3, -0.25) is 4.79 Å². The second-order valence-electron chi connectivity index (χ2n) is 6.32. The van der Waals surface area contributed by atoms with E-state index in [1.54, 1.807) is 11.3 Å². The lowest BCUT2D eigenvalue weighted by Crippen LogP contribution is -2.39. The van der Waals surface area contributed by atoms with Crippen molar-refractivity contribution >= 4 is 17.2 Å². The summed E-state index contributed by atoms with van der Waals surface area (Å²) in [4.78, 5) is 16.1. The van der Waals surface area contributed by atoms with Crippen LogP contribution in [0.4, 0.5) is 0 Å². The van der Waals surface area contributed by atoms with Crippen LogP contribution in [0.2, 0.25) is 0 Å². The number of thiophene rings is 1. The Kier molecular flexibility index (Phi) is 4.13. The monoisotopic (exact) mass is 293 g/mol. The molecule has 0 saturated carbocycles. The molecule has 1 aromatic rings. The Hall–Kier alpha value is -0.870. The summed E-state index contributed by atoms with van der Waals surface area (Å²) in [6.45, 7) is 4.15. The van der Waals surface area contributed by atoms with Crippen LogP contribution in [0.1, 0.15) is 47.0 Å². The van der Waals surface area contributed by atoms with Crippen LogP contribution in [0, 0.1) is 11.8 Å². The Morgan fingerprint density at radius 1 is 1.40 bits per heavy atom. The van der Waals surface area contributed by atoms with E-state index >= 15 is 0 Å². The van der Waals surface area contributed by atoms with E-state index in [0.29, 0.717) is 5.92 Å². The molecular weight excluding hydrogens is 270 g/mol. The first-order valence-electron chi connectivity index (χ1n) is 7.68. The van der Waals surface area contributed by atoms with Gasteiger partial charge in [0.05, 0.1) is 5.56 Å². The molecule has 0 spiro atoms. The number of hydrogen-bond acceptors (Lipinski definition) is 3. The number of piperidine rings is 1. The van der Waals surface area contributed by atoms with E-state index in [2.05, 4.69) is 12.3 Å². The second kappa shape index (κ2) is 5.86. The minimum atomic E-state index is 0.216. The van der Waals surface area contributed by atoms with Crippen molar-refractivity contribution in [1.82, 2.24) is 4.90 Å². The van der Waals surface area contributed by atoms with Gasteiger partial charge >= 0.3 is 0 Å². The van der Waals surface area contributed by atoms with Crippen LogP contribution in [0.15, 0.2) is 5.38 Å². The highest BCUT2D eigenvalue weighted by molar-refractivity contribution is 7.10. The van der Waals surface area contributed by atoms with Gasteiger partial charge in [0.2, 0.25) is 0 Å². The molecule has 1 atom stereocenters. The minimum absolute atomic E-state index is 0.216. The van der Waals surface area contributed by atoms with Gasteiger partial charge in [0.15, 0.2) is 0 Å². The fraction of sp³-hybridized carbons (Fsp3) is 0.688. The Morgan fingerprint density at radius 3 is 2.85 bits per heavy atom. The number of fused-ring (bicyclic) bond motifs is 1. The smallest absolute Gasteiger partial charge is 0.254 e. The molecular formula is C16H23NO2S. The number of carbonyl (C=O) groups excluding carboxylic acids is 1. The SMILES string of the molecule is CC1CCc2c(C(=O)N3CCC(CO)CC3)csc2C1. The third-order valence-corrected chi connectivity index (χ3v) is 5.84. The van der Waals surface area contributed by atoms with Crippen LogP contribution in [-0.2, 0) is 12.8 Å². The molecule has 20 heavy (non-hydrogen) atoms. The lowest BCUT2D eigenvalue weighted by atomic mass is 9.88. The fourth-order valence-corrected chi connectivity index (χ4v) is 4.58. The second-order valence-corrected chi connectivity index (χ2v) is 7.28. The first kappa shape index (κ1) is 14.1. The van der Waals surface area contributed by atoms with Crippen molar-refractivity contribution in [2.24, 2.45) is 11.8 Å². The summed E-state index contributed by atoms with van der Waals surface area (Å²) in [5, 5.41) is 11.3. The van der Waals surface area contributed by atoms with Gasteiger partial charge in [0, 0.05) is 30.0 Å². The van der Waals surface area contributed by atoms with Crippen molar-refractivity contribution in [2.75, 3.05) is 19.7 Å². The molecule has 1 N–H and O–H groups in total. The molecule has 0 radical (unpaired) electrons. The molecule has 2 heterocycles. The van der Waals surface area contributed by atoms with Crippen LogP contribution in [0.5, 0.6) is 0 Å². The van der Waals surface area contributed by atoms with E-state index in [9.17, 15) is 9.90 Å². The van der Waals surface area contributed by atoms with Gasteiger partial charge in [-0.25, -0.2) is 0 Å². The number of carbonyl (C=O) groups is 1. The van der Waals surface area contributed by atoms with Crippen molar-refractivity contribution in [1.29, 1.82) is 0 Å². The summed E-state index contributed by atoms with van der Waals surface area (Å²) >= 11 is 1.77. The number of amides is 1. The lowest BCUT2D eigenvalue weighted by Gasteiger charge is -2.31. The number of rotatable bonds is 2. The van der Waals surface area contributed by atoms with Crippen molar-refractivity contribution in [3.8, 4) is 0 Å². The van der Waals surface area contributed by atoms with Crippen molar-refractivity contribution in [2.45, 2.75) is 39.0 Å². The predicted molar refractivity (Wildman–Crippen MR) is 81.2 cm³/mol. The van der Waals surface area contributed by atoms with Gasteiger partial charge < -0.3 is 10.0 Å². The maximum absolute atomic E-state index is 12.7. The van der Waals surface area contributed by atoms with Crippen LogP contribution >= 0.6 is 11.3 Å². The molecule has 1 aliphatic carbocycles. The molecule has 1 fully saturated rings. The zero-order valence-electron chi connectivity index (χ0n) is 12.1. The average Bonchev–Trinajstić information content (AvgIpc) is 2.89. The fourth-order valence-electron chi connectivity index (χ4n) is 3.35. The largest absolute Gasteiger partial charge is 0.396 e. The molecule has 1 aromatic heterocycles. The van der Waals surface area contributed by atoms with E-state index < -0.39 is 0 Å². The summed E-state index contributed by atoms with van der Waals surface area (Å²) in [7, 11) is 0. The zero-order chi connectivity index (χ0) is 14.1. The Bertz CT molecular complexity index is 489. The van der Waals surface area contributed by atoms with Gasteiger partial charge in [-0.15, -0.1) is 11.3 Å². The molecule has 1 unspecified atom stereocenters. The molecule has 110 valence electrons. The molecule has 0 aromatic carbocycles. The Morgan fingerprint density at radius 2 is 2.15 bits per heavy atom. The number of aliphatic hydroxyl groups is 1. The lowest BCUT2D eigenvalue weighted by molar-refractivity contribution is 0.0650. The molecule has 0 bridgehead atoms. The standard InChI is InChI=1S/C16H23NO2S/c1-11-2-3-13-14(10-20-15(13)8-11)16(19)17-6-4-12(9-18)5-7-17/h10-12,18H,2-9H2,1H3. The van der Waals surface area contributed by atoms with Gasteiger partial charge in [-0.05, 0) is 49.5 Å². The highest BCUT2D eigenvalue weighted by Crippen LogP contribution is 2.33. The summed E-state index contributed by atoms with van der Waals surface area (Å²) in [5.41, 5.74) is 2.28. The molecule has 2 aliphatic rings. The maximum Gasteiger partial charge on any atom is 0.254 e. The van der Waals surface area contributed by atoms with Crippen LogP contribution in [-0.4, -0.2) is 35.6 Å². The molecule has 1 amide bonds. The highest BCUT2D eigenvalue weighted by Gasteiger charge is 2.28. The average molecular weight is 293 g/mol. The summed E-state index contributed by atoms with van der Waals surface area (Å²) in [5.74, 6) is 1.36. The molecule has 3 nitrogen and oxygen atoms in total. The highest BCUT2D eigenvalue weighted by atomic mass is 32.1. The number of nitrogens with zero attached hydrogens (tertiary/aromatic N) is 1. The van der Waals surface area contributed by atoms with Crippen molar-refractivity contribution in [3.05, 3.63) is 21.4 Å². The van der Waals surface area contributed by atoms with Crippen LogP contribution in [0.3, 0.4) is 0 Å². The van der Waals surface area contributed by atoms with E-state index in [4.69, 9.17) is 0 Å². The number of likely N-dealkylation sites (tertiary alicyclic amines) is 1. The van der Waals surface area contributed by atoms with E-state index in [1.165, 1.54) is 16.9 Å². The van der Waals surface area contributed by atoms with Gasteiger partial charge in [-0.1, -0.05) is 6.92 Å². The normalized spacial score (nSPS) is 23.7. The third kappa shape index (κ3) is 2.63.